The minimum Gasteiger partial charge on any atom is -0.198 e. The molecule has 0 amide bonds. The second-order valence-corrected chi connectivity index (χ2v) is 10.2. The zero-order valence-electron chi connectivity index (χ0n) is 19.5. The Hall–Kier alpha value is -1.43. The van der Waals surface area contributed by atoms with Crippen molar-refractivity contribution in [3.8, 4) is 6.07 Å². The third-order valence-corrected chi connectivity index (χ3v) is 7.95. The van der Waals surface area contributed by atoms with Crippen LogP contribution in [0, 0.1) is 35.0 Å². The van der Waals surface area contributed by atoms with Gasteiger partial charge in [0.25, 0.3) is 0 Å². The average molecular weight is 410 g/mol. The summed E-state index contributed by atoms with van der Waals surface area (Å²) < 4.78 is 0. The molecule has 3 nitrogen and oxygen atoms in total. The molecule has 1 atom stereocenters. The average Bonchev–Trinajstić information content (AvgIpc) is 2.79. The smallest absolute Gasteiger partial charge is 0.0662 e. The molecule has 2 aliphatic carbocycles. The molecule has 2 saturated carbocycles. The fourth-order valence-corrected chi connectivity index (χ4v) is 5.97. The molecule has 2 aliphatic rings. The maximum Gasteiger partial charge on any atom is 0.0662 e. The van der Waals surface area contributed by atoms with Crippen molar-refractivity contribution in [2.75, 3.05) is 0 Å². The Bertz CT molecular complexity index is 631. The van der Waals surface area contributed by atoms with Gasteiger partial charge in [-0.25, -0.2) is 0 Å². The molecule has 1 unspecified atom stereocenters. The number of rotatable bonds is 10. The third-order valence-electron chi connectivity index (χ3n) is 7.95. The van der Waals surface area contributed by atoms with Crippen molar-refractivity contribution in [3.05, 3.63) is 23.5 Å². The van der Waals surface area contributed by atoms with Gasteiger partial charge in [0, 0.05) is 11.8 Å². The molecule has 0 aliphatic heterocycles. The fraction of sp³-hybridized carbons (Fsp3) is 0.815. The Balaban J connectivity index is 1.42. The maximum absolute atomic E-state index is 9.84. The fourth-order valence-electron chi connectivity index (χ4n) is 5.97. The topological polar surface area (TPSA) is 49.6 Å². The summed E-state index contributed by atoms with van der Waals surface area (Å²) in [6, 6.07) is 7.14. The molecule has 166 valence electrons. The first-order valence-corrected chi connectivity index (χ1v) is 13.0. The van der Waals surface area contributed by atoms with E-state index in [-0.39, 0.29) is 5.92 Å². The zero-order valence-corrected chi connectivity index (χ0v) is 19.5. The van der Waals surface area contributed by atoms with Gasteiger partial charge in [-0.05, 0) is 87.7 Å². The van der Waals surface area contributed by atoms with Gasteiger partial charge in [0.15, 0.2) is 0 Å². The minimum absolute atomic E-state index is 0.288. The van der Waals surface area contributed by atoms with E-state index in [1.807, 2.05) is 0 Å². The van der Waals surface area contributed by atoms with Crippen LogP contribution < -0.4 is 0 Å². The highest BCUT2D eigenvalue weighted by Gasteiger charge is 2.31. The van der Waals surface area contributed by atoms with Crippen molar-refractivity contribution < 1.29 is 0 Å². The molecule has 3 rings (SSSR count). The van der Waals surface area contributed by atoms with Crippen LogP contribution in [0.5, 0.6) is 0 Å². The van der Waals surface area contributed by atoms with Gasteiger partial charge in [-0.3, -0.25) is 0 Å². The van der Waals surface area contributed by atoms with E-state index in [4.69, 9.17) is 0 Å². The largest absolute Gasteiger partial charge is 0.198 e. The number of aryl methyl sites for hydroxylation is 1. The van der Waals surface area contributed by atoms with E-state index < -0.39 is 0 Å². The van der Waals surface area contributed by atoms with Crippen molar-refractivity contribution in [2.45, 2.75) is 116 Å². The first kappa shape index (κ1) is 23.2. The number of hydrogen-bond acceptors (Lipinski definition) is 3. The molecule has 1 heterocycles. The van der Waals surface area contributed by atoms with Crippen LogP contribution in [-0.4, -0.2) is 10.2 Å². The van der Waals surface area contributed by atoms with Crippen LogP contribution in [0.1, 0.15) is 121 Å². The molecule has 0 saturated heterocycles. The lowest BCUT2D eigenvalue weighted by atomic mass is 9.70. The predicted molar refractivity (Wildman–Crippen MR) is 124 cm³/mol. The lowest BCUT2D eigenvalue weighted by Crippen LogP contribution is -2.24. The summed E-state index contributed by atoms with van der Waals surface area (Å²) in [4.78, 5) is 0. The highest BCUT2D eigenvalue weighted by Crippen LogP contribution is 2.42. The van der Waals surface area contributed by atoms with Crippen LogP contribution in [0.25, 0.3) is 0 Å². The Morgan fingerprint density at radius 1 is 0.900 bits per heavy atom. The van der Waals surface area contributed by atoms with Crippen LogP contribution in [0.2, 0.25) is 0 Å². The molecular formula is C27H43N3. The Kier molecular flexibility index (Phi) is 9.63. The SMILES string of the molecule is CCCCCc1ccc(C2CCC(CC(C#N)C3CCC(CCC)CC3)CC2)nn1. The molecule has 0 bridgehead atoms. The van der Waals surface area contributed by atoms with Crippen LogP contribution in [-0.2, 0) is 6.42 Å². The molecule has 3 heteroatoms. The quantitative estimate of drug-likeness (QED) is 0.373. The molecular weight excluding hydrogens is 366 g/mol. The number of aromatic nitrogens is 2. The van der Waals surface area contributed by atoms with Crippen molar-refractivity contribution in [2.24, 2.45) is 23.7 Å². The van der Waals surface area contributed by atoms with Crippen LogP contribution in [0.3, 0.4) is 0 Å². The number of nitriles is 1. The molecule has 0 aromatic carbocycles. The first-order valence-electron chi connectivity index (χ1n) is 13.0. The molecule has 1 aromatic heterocycles. The van der Waals surface area contributed by atoms with Crippen LogP contribution >= 0.6 is 0 Å². The van der Waals surface area contributed by atoms with E-state index in [0.717, 1.165) is 30.4 Å². The van der Waals surface area contributed by atoms with Crippen molar-refractivity contribution >= 4 is 0 Å². The van der Waals surface area contributed by atoms with Gasteiger partial charge >= 0.3 is 0 Å². The lowest BCUT2D eigenvalue weighted by Gasteiger charge is -2.34. The number of nitrogens with zero attached hydrogens (tertiary/aromatic N) is 3. The summed E-state index contributed by atoms with van der Waals surface area (Å²) >= 11 is 0. The Morgan fingerprint density at radius 3 is 2.23 bits per heavy atom. The molecule has 0 spiro atoms. The summed E-state index contributed by atoms with van der Waals surface area (Å²) in [7, 11) is 0. The van der Waals surface area contributed by atoms with Crippen molar-refractivity contribution in [3.63, 3.8) is 0 Å². The predicted octanol–water partition coefficient (Wildman–Crippen LogP) is 7.62. The van der Waals surface area contributed by atoms with Crippen LogP contribution in [0.15, 0.2) is 12.1 Å². The van der Waals surface area contributed by atoms with Crippen molar-refractivity contribution in [1.82, 2.24) is 10.2 Å². The zero-order chi connectivity index (χ0) is 21.2. The lowest BCUT2D eigenvalue weighted by molar-refractivity contribution is 0.188. The van der Waals surface area contributed by atoms with E-state index in [0.29, 0.717) is 11.8 Å². The Labute approximate surface area is 185 Å². The summed E-state index contributed by atoms with van der Waals surface area (Å²) in [6.45, 7) is 4.54. The van der Waals surface area contributed by atoms with E-state index in [1.54, 1.807) is 0 Å². The molecule has 0 radical (unpaired) electrons. The molecule has 1 aromatic rings. The third kappa shape index (κ3) is 6.79. The van der Waals surface area contributed by atoms with Gasteiger partial charge in [0.05, 0.1) is 17.5 Å². The first-order chi connectivity index (χ1) is 14.7. The maximum atomic E-state index is 9.84. The second kappa shape index (κ2) is 12.4. The van der Waals surface area contributed by atoms with E-state index >= 15 is 0 Å². The van der Waals surface area contributed by atoms with Gasteiger partial charge in [-0.15, -0.1) is 0 Å². The molecule has 0 N–H and O–H groups in total. The van der Waals surface area contributed by atoms with Gasteiger partial charge in [-0.2, -0.15) is 15.5 Å². The Morgan fingerprint density at radius 2 is 1.63 bits per heavy atom. The summed E-state index contributed by atoms with van der Waals surface area (Å²) in [6.07, 6.45) is 18.9. The second-order valence-electron chi connectivity index (χ2n) is 10.2. The highest BCUT2D eigenvalue weighted by molar-refractivity contribution is 5.12. The number of hydrogen-bond donors (Lipinski definition) is 0. The molecule has 30 heavy (non-hydrogen) atoms. The standard InChI is InChI=1S/C27H43N3/c1-3-5-6-8-26-17-18-27(30-29-26)24-15-11-22(12-16-24)19-25(20-28)23-13-9-21(7-4-2)10-14-23/h17-18,21-25H,3-16,19H2,1-2H3. The van der Waals surface area contributed by atoms with E-state index in [9.17, 15) is 5.26 Å². The van der Waals surface area contributed by atoms with E-state index in [1.165, 1.54) is 89.2 Å². The summed E-state index contributed by atoms with van der Waals surface area (Å²) in [5.74, 6) is 3.19. The van der Waals surface area contributed by atoms with Crippen molar-refractivity contribution in [1.29, 1.82) is 5.26 Å². The van der Waals surface area contributed by atoms with Crippen LogP contribution in [0.4, 0.5) is 0 Å². The number of unbranched alkanes of at least 4 members (excludes halogenated alkanes) is 2. The molecule has 2 fully saturated rings. The van der Waals surface area contributed by atoms with Gasteiger partial charge in [0.2, 0.25) is 0 Å². The minimum atomic E-state index is 0.288. The normalized spacial score (nSPS) is 28.0. The van der Waals surface area contributed by atoms with Gasteiger partial charge in [0.1, 0.15) is 0 Å². The van der Waals surface area contributed by atoms with E-state index in [2.05, 4.69) is 42.2 Å². The van der Waals surface area contributed by atoms with Gasteiger partial charge < -0.3 is 0 Å². The monoisotopic (exact) mass is 409 g/mol. The van der Waals surface area contributed by atoms with Gasteiger partial charge in [-0.1, -0.05) is 52.4 Å². The highest BCUT2D eigenvalue weighted by atomic mass is 15.1. The summed E-state index contributed by atoms with van der Waals surface area (Å²) in [5.41, 5.74) is 2.34. The summed E-state index contributed by atoms with van der Waals surface area (Å²) in [5, 5.41) is 18.9.